The second-order valence-electron chi connectivity index (χ2n) is 7.19. The summed E-state index contributed by atoms with van der Waals surface area (Å²) in [6, 6.07) is 1.58. The van der Waals surface area contributed by atoms with Gasteiger partial charge in [0, 0.05) is 40.7 Å². The second-order valence-corrected chi connectivity index (χ2v) is 7.55. The fourth-order valence-electron chi connectivity index (χ4n) is 3.58. The molecule has 5 heterocycles. The van der Waals surface area contributed by atoms with Crippen molar-refractivity contribution in [3.8, 4) is 11.1 Å². The Morgan fingerprint density at radius 3 is 2.73 bits per heavy atom. The summed E-state index contributed by atoms with van der Waals surface area (Å²) in [6.45, 7) is 1.98. The molecule has 5 aromatic heterocycles. The average molecular weight is 474 g/mol. The maximum atomic E-state index is 12.9. The Kier molecular flexibility index (Phi) is 5.08. The van der Waals surface area contributed by atoms with Crippen LogP contribution in [-0.4, -0.2) is 39.9 Å². The van der Waals surface area contributed by atoms with Crippen LogP contribution in [0, 0.1) is 0 Å². The van der Waals surface area contributed by atoms with Gasteiger partial charge in [0.1, 0.15) is 22.6 Å². The van der Waals surface area contributed by atoms with E-state index in [4.69, 9.17) is 11.6 Å². The Bertz CT molecular complexity index is 1460. The topological polar surface area (TPSA) is 121 Å². The van der Waals surface area contributed by atoms with Gasteiger partial charge in [0.15, 0.2) is 11.5 Å². The number of nitrogens with zero attached hydrogens (tertiary/aromatic N) is 6. The molecule has 168 valence electrons. The molecule has 0 spiro atoms. The number of nitrogens with one attached hydrogen (secondary N) is 3. The van der Waals surface area contributed by atoms with Gasteiger partial charge in [-0.25, -0.2) is 29.9 Å². The Morgan fingerprint density at radius 2 is 1.94 bits per heavy atom. The molecule has 0 aliphatic heterocycles. The zero-order valence-electron chi connectivity index (χ0n) is 16.9. The molecule has 0 bridgehead atoms. The van der Waals surface area contributed by atoms with Gasteiger partial charge in [0.25, 0.3) is 0 Å². The minimum Gasteiger partial charge on any atom is -0.361 e. The number of pyridine rings is 1. The van der Waals surface area contributed by atoms with Crippen molar-refractivity contribution < 1.29 is 13.2 Å². The summed E-state index contributed by atoms with van der Waals surface area (Å²) in [7, 11) is 0. The number of aromatic amines is 2. The first-order chi connectivity index (χ1) is 15.8. The molecule has 0 radical (unpaired) electrons. The molecule has 0 amide bonds. The van der Waals surface area contributed by atoms with Gasteiger partial charge in [-0.3, -0.25) is 0 Å². The van der Waals surface area contributed by atoms with Crippen molar-refractivity contribution in [2.75, 3.05) is 5.32 Å². The molecule has 0 saturated heterocycles. The predicted octanol–water partition coefficient (Wildman–Crippen LogP) is 4.92. The largest absolute Gasteiger partial charge is 0.451 e. The van der Waals surface area contributed by atoms with E-state index in [1.165, 1.54) is 12.7 Å². The summed E-state index contributed by atoms with van der Waals surface area (Å²) in [6.07, 6.45) is 3.24. The first kappa shape index (κ1) is 21.1. The fraction of sp³-hybridized carbons (Fsp3) is 0.200. The van der Waals surface area contributed by atoms with Crippen LogP contribution in [0.5, 0.6) is 0 Å². The van der Waals surface area contributed by atoms with Crippen LogP contribution in [0.4, 0.5) is 19.0 Å². The number of alkyl halides is 3. The lowest BCUT2D eigenvalue weighted by Crippen LogP contribution is -2.12. The van der Waals surface area contributed by atoms with Gasteiger partial charge >= 0.3 is 6.18 Å². The van der Waals surface area contributed by atoms with E-state index < -0.39 is 12.0 Å². The van der Waals surface area contributed by atoms with Gasteiger partial charge in [-0.2, -0.15) is 13.2 Å². The van der Waals surface area contributed by atoms with Crippen LogP contribution in [0.1, 0.15) is 30.8 Å². The predicted molar refractivity (Wildman–Crippen MR) is 115 cm³/mol. The third kappa shape index (κ3) is 3.82. The molecule has 0 aliphatic rings. The van der Waals surface area contributed by atoms with E-state index in [9.17, 15) is 13.2 Å². The summed E-state index contributed by atoms with van der Waals surface area (Å²) in [5.74, 6) is -0.644. The minimum atomic E-state index is -4.63. The zero-order valence-corrected chi connectivity index (χ0v) is 17.7. The Hall–Kier alpha value is -3.80. The summed E-state index contributed by atoms with van der Waals surface area (Å²) >= 11 is 6.42. The van der Waals surface area contributed by atoms with Crippen LogP contribution in [0.3, 0.4) is 0 Å². The molecule has 0 fully saturated rings. The standard InChI is InChI=1S/C20H15ClF3N9/c1-2-13(32-18-14-17(29-7-28-14)30-8-31-18)10-3-9(4-25-15(10)21)11-5-26-16-12(11)6-27-19(33-16)20(22,23)24/h3-8,13H,2H2,1H3,(H,26,27,33)(H2,28,29,30,31,32). The monoisotopic (exact) mass is 473 g/mol. The highest BCUT2D eigenvalue weighted by atomic mass is 35.5. The summed E-state index contributed by atoms with van der Waals surface area (Å²) in [4.78, 5) is 29.7. The van der Waals surface area contributed by atoms with Crippen LogP contribution in [0.15, 0.2) is 37.3 Å². The van der Waals surface area contributed by atoms with E-state index in [0.717, 1.165) is 6.20 Å². The van der Waals surface area contributed by atoms with Gasteiger partial charge in [-0.05, 0) is 12.5 Å². The number of aromatic nitrogens is 8. The maximum Gasteiger partial charge on any atom is 0.451 e. The summed E-state index contributed by atoms with van der Waals surface area (Å²) < 4.78 is 38.8. The average Bonchev–Trinajstić information content (AvgIpc) is 3.44. The number of halogens is 4. The normalized spacial score (nSPS) is 13.0. The Labute approximate surface area is 188 Å². The minimum absolute atomic E-state index is 0.0802. The van der Waals surface area contributed by atoms with Crippen LogP contribution < -0.4 is 5.32 Å². The quantitative estimate of drug-likeness (QED) is 0.310. The van der Waals surface area contributed by atoms with Crippen molar-refractivity contribution in [1.82, 2.24) is 39.9 Å². The highest BCUT2D eigenvalue weighted by Gasteiger charge is 2.35. The Morgan fingerprint density at radius 1 is 1.09 bits per heavy atom. The van der Waals surface area contributed by atoms with Crippen molar-refractivity contribution in [2.45, 2.75) is 25.6 Å². The highest BCUT2D eigenvalue weighted by Crippen LogP contribution is 2.35. The number of rotatable bonds is 5. The fourth-order valence-corrected chi connectivity index (χ4v) is 3.81. The Balaban J connectivity index is 1.53. The number of hydrogen-bond donors (Lipinski definition) is 3. The molecular formula is C20H15ClF3N9. The van der Waals surface area contributed by atoms with E-state index in [-0.39, 0.29) is 11.7 Å². The lowest BCUT2D eigenvalue weighted by atomic mass is 10.0. The highest BCUT2D eigenvalue weighted by molar-refractivity contribution is 6.30. The summed E-state index contributed by atoms with van der Waals surface area (Å²) in [5.41, 5.74) is 3.22. The number of fused-ring (bicyclic) bond motifs is 2. The van der Waals surface area contributed by atoms with Crippen molar-refractivity contribution in [3.63, 3.8) is 0 Å². The van der Waals surface area contributed by atoms with Gasteiger partial charge in [-0.1, -0.05) is 18.5 Å². The van der Waals surface area contributed by atoms with E-state index in [2.05, 4.69) is 45.2 Å². The number of imidazole rings is 1. The molecule has 5 aromatic rings. The molecule has 33 heavy (non-hydrogen) atoms. The lowest BCUT2D eigenvalue weighted by molar-refractivity contribution is -0.144. The molecule has 5 rings (SSSR count). The van der Waals surface area contributed by atoms with Crippen LogP contribution >= 0.6 is 11.6 Å². The number of H-pyrrole nitrogens is 2. The third-order valence-corrected chi connectivity index (χ3v) is 5.50. The lowest BCUT2D eigenvalue weighted by Gasteiger charge is -2.19. The summed E-state index contributed by atoms with van der Waals surface area (Å²) in [5, 5.41) is 4.08. The molecule has 1 unspecified atom stereocenters. The van der Waals surface area contributed by atoms with E-state index in [0.29, 0.717) is 50.6 Å². The molecule has 3 N–H and O–H groups in total. The first-order valence-corrected chi connectivity index (χ1v) is 10.2. The first-order valence-electron chi connectivity index (χ1n) is 9.83. The molecular weight excluding hydrogens is 459 g/mol. The van der Waals surface area contributed by atoms with Crippen molar-refractivity contribution in [3.05, 3.63) is 53.9 Å². The van der Waals surface area contributed by atoms with Crippen molar-refractivity contribution >= 4 is 39.6 Å². The van der Waals surface area contributed by atoms with E-state index in [1.807, 2.05) is 13.0 Å². The van der Waals surface area contributed by atoms with Crippen molar-refractivity contribution in [2.24, 2.45) is 0 Å². The van der Waals surface area contributed by atoms with Gasteiger partial charge in [0.2, 0.25) is 5.82 Å². The molecule has 0 aliphatic carbocycles. The number of anilines is 1. The smallest absolute Gasteiger partial charge is 0.361 e. The molecule has 13 heteroatoms. The van der Waals surface area contributed by atoms with Crippen LogP contribution in [0.2, 0.25) is 5.15 Å². The third-order valence-electron chi connectivity index (χ3n) is 5.18. The molecule has 9 nitrogen and oxygen atoms in total. The molecule has 1 atom stereocenters. The van der Waals surface area contributed by atoms with Crippen LogP contribution in [-0.2, 0) is 6.18 Å². The maximum absolute atomic E-state index is 12.9. The molecule has 0 aromatic carbocycles. The zero-order chi connectivity index (χ0) is 23.2. The second kappa shape index (κ2) is 7.96. The number of hydrogen-bond acceptors (Lipinski definition) is 7. The van der Waals surface area contributed by atoms with Crippen LogP contribution in [0.25, 0.3) is 33.3 Å². The van der Waals surface area contributed by atoms with E-state index in [1.54, 1.807) is 12.4 Å². The SMILES string of the molecule is CCC(Nc1ncnc2nc[nH]c12)c1cc(-c2c[nH]c3nc(C(F)(F)F)ncc23)cnc1Cl. The van der Waals surface area contributed by atoms with Gasteiger partial charge in [-0.15, -0.1) is 0 Å². The van der Waals surface area contributed by atoms with E-state index >= 15 is 0 Å². The molecule has 0 saturated carbocycles. The van der Waals surface area contributed by atoms with Crippen molar-refractivity contribution in [1.29, 1.82) is 0 Å². The van der Waals surface area contributed by atoms with Gasteiger partial charge in [0.05, 0.1) is 12.4 Å². The van der Waals surface area contributed by atoms with Gasteiger partial charge < -0.3 is 15.3 Å².